The van der Waals surface area contributed by atoms with E-state index in [2.05, 4.69) is 10.2 Å². The quantitative estimate of drug-likeness (QED) is 0.817. The molecule has 24 heavy (non-hydrogen) atoms. The number of piperidine rings is 1. The van der Waals surface area contributed by atoms with Crippen LogP contribution < -0.4 is 5.32 Å². The predicted octanol–water partition coefficient (Wildman–Crippen LogP) is 1.23. The summed E-state index contributed by atoms with van der Waals surface area (Å²) in [6.45, 7) is 0.911. The fraction of sp³-hybridized carbons (Fsp3) is 0.692. The molecule has 1 amide bonds. The van der Waals surface area contributed by atoms with Gasteiger partial charge in [0, 0.05) is 24.7 Å². The van der Waals surface area contributed by atoms with Crippen LogP contribution in [0.4, 0.5) is 13.2 Å². The molecule has 2 rings (SSSR count). The fourth-order valence-electron chi connectivity index (χ4n) is 2.56. The van der Waals surface area contributed by atoms with Gasteiger partial charge in [-0.3, -0.25) is 9.89 Å². The number of rotatable bonds is 5. The van der Waals surface area contributed by atoms with Crippen molar-refractivity contribution >= 4 is 15.9 Å². The van der Waals surface area contributed by atoms with Gasteiger partial charge >= 0.3 is 6.18 Å². The summed E-state index contributed by atoms with van der Waals surface area (Å²) >= 11 is 0. The van der Waals surface area contributed by atoms with E-state index in [-0.39, 0.29) is 17.4 Å². The van der Waals surface area contributed by atoms with E-state index in [1.54, 1.807) is 12.2 Å². The lowest BCUT2D eigenvalue weighted by Gasteiger charge is -2.30. The lowest BCUT2D eigenvalue weighted by atomic mass is 9.94. The lowest BCUT2D eigenvalue weighted by molar-refractivity contribution is -0.123. The second-order valence-corrected chi connectivity index (χ2v) is 7.84. The largest absolute Gasteiger partial charge is 0.405 e. The molecule has 11 heteroatoms. The van der Waals surface area contributed by atoms with Crippen LogP contribution in [0.15, 0.2) is 6.07 Å². The minimum atomic E-state index is -4.48. The monoisotopic (exact) mass is 368 g/mol. The Hall–Kier alpha value is -1.62. The van der Waals surface area contributed by atoms with E-state index in [0.29, 0.717) is 31.6 Å². The van der Waals surface area contributed by atoms with Gasteiger partial charge in [0.25, 0.3) is 5.91 Å². The third-order valence-corrected chi connectivity index (χ3v) is 5.81. The van der Waals surface area contributed by atoms with Gasteiger partial charge in [-0.2, -0.15) is 18.3 Å². The molecule has 1 aliphatic heterocycles. The number of hydrogen-bond acceptors (Lipinski definition) is 4. The highest BCUT2D eigenvalue weighted by Crippen LogP contribution is 2.28. The van der Waals surface area contributed by atoms with Crippen LogP contribution >= 0.6 is 0 Å². The average molecular weight is 368 g/mol. The number of alkyl halides is 3. The minimum Gasteiger partial charge on any atom is -0.342 e. The van der Waals surface area contributed by atoms with E-state index >= 15 is 0 Å². The summed E-state index contributed by atoms with van der Waals surface area (Å²) in [6, 6.07) is 1.42. The van der Waals surface area contributed by atoms with Crippen LogP contribution in [0.1, 0.15) is 41.9 Å². The molecule has 1 aromatic rings. The van der Waals surface area contributed by atoms with Gasteiger partial charge in [-0.1, -0.05) is 0 Å². The Morgan fingerprint density at radius 1 is 1.42 bits per heavy atom. The van der Waals surface area contributed by atoms with E-state index in [1.165, 1.54) is 10.4 Å². The second kappa shape index (κ2) is 7.09. The molecule has 0 radical (unpaired) electrons. The summed E-state index contributed by atoms with van der Waals surface area (Å²) in [4.78, 5) is 11.6. The maximum Gasteiger partial charge on any atom is 0.405 e. The summed E-state index contributed by atoms with van der Waals surface area (Å²) in [6.07, 6.45) is -3.36. The van der Waals surface area contributed by atoms with E-state index in [0.717, 1.165) is 0 Å². The van der Waals surface area contributed by atoms with Crippen molar-refractivity contribution in [3.63, 3.8) is 0 Å². The molecule has 0 aromatic carbocycles. The molecule has 0 unspecified atom stereocenters. The van der Waals surface area contributed by atoms with E-state index in [4.69, 9.17) is 0 Å². The topological polar surface area (TPSA) is 95.2 Å². The number of halogens is 3. The van der Waals surface area contributed by atoms with Gasteiger partial charge in [0.1, 0.15) is 12.2 Å². The van der Waals surface area contributed by atoms with Crippen molar-refractivity contribution in [1.29, 1.82) is 0 Å². The molecule has 0 saturated carbocycles. The molecule has 0 spiro atoms. The highest BCUT2D eigenvalue weighted by Gasteiger charge is 2.30. The Morgan fingerprint density at radius 2 is 2.04 bits per heavy atom. The summed E-state index contributed by atoms with van der Waals surface area (Å²) in [7, 11) is -3.22. The summed E-state index contributed by atoms with van der Waals surface area (Å²) in [5.74, 6) is -0.864. The molecule has 0 atom stereocenters. The number of H-pyrrole nitrogens is 1. The van der Waals surface area contributed by atoms with Gasteiger partial charge < -0.3 is 5.32 Å². The molecule has 1 aromatic heterocycles. The number of aromatic amines is 1. The van der Waals surface area contributed by atoms with E-state index < -0.39 is 28.7 Å². The van der Waals surface area contributed by atoms with Crippen molar-refractivity contribution in [2.24, 2.45) is 0 Å². The van der Waals surface area contributed by atoms with Crippen LogP contribution in [-0.4, -0.2) is 60.4 Å². The van der Waals surface area contributed by atoms with Crippen LogP contribution in [0.3, 0.4) is 0 Å². The maximum atomic E-state index is 12.1. The number of nitrogens with zero attached hydrogens (tertiary/aromatic N) is 2. The zero-order valence-electron chi connectivity index (χ0n) is 13.1. The SMILES string of the molecule is CCS(=O)(=O)N1CCC(c2cc(C(=O)NCC(F)(F)F)n[nH]2)CC1. The number of aromatic nitrogens is 2. The molecule has 2 N–H and O–H groups in total. The van der Waals surface area contributed by atoms with Crippen molar-refractivity contribution in [2.45, 2.75) is 31.9 Å². The van der Waals surface area contributed by atoms with Gasteiger partial charge in [0.05, 0.1) is 5.75 Å². The number of carbonyl (C=O) groups is 1. The van der Waals surface area contributed by atoms with Gasteiger partial charge in [-0.05, 0) is 25.8 Å². The lowest BCUT2D eigenvalue weighted by Crippen LogP contribution is -2.38. The van der Waals surface area contributed by atoms with Crippen molar-refractivity contribution in [3.05, 3.63) is 17.5 Å². The zero-order valence-corrected chi connectivity index (χ0v) is 13.9. The first-order valence-electron chi connectivity index (χ1n) is 7.50. The van der Waals surface area contributed by atoms with Crippen molar-refractivity contribution in [3.8, 4) is 0 Å². The molecular formula is C13H19F3N4O3S. The van der Waals surface area contributed by atoms with E-state index in [1.807, 2.05) is 0 Å². The van der Waals surface area contributed by atoms with Gasteiger partial charge in [-0.15, -0.1) is 0 Å². The maximum absolute atomic E-state index is 12.1. The van der Waals surface area contributed by atoms with Crippen molar-refractivity contribution in [2.75, 3.05) is 25.4 Å². The molecule has 1 saturated heterocycles. The number of nitrogens with one attached hydrogen (secondary N) is 2. The van der Waals surface area contributed by atoms with Crippen molar-refractivity contribution < 1.29 is 26.4 Å². The van der Waals surface area contributed by atoms with E-state index in [9.17, 15) is 26.4 Å². The third kappa shape index (κ3) is 4.69. The van der Waals surface area contributed by atoms with Crippen LogP contribution in [0, 0.1) is 0 Å². The summed E-state index contributed by atoms with van der Waals surface area (Å²) in [5.41, 5.74) is 0.513. The molecule has 136 valence electrons. The van der Waals surface area contributed by atoms with Crippen LogP contribution in [0.5, 0.6) is 0 Å². The minimum absolute atomic E-state index is 0.00928. The normalized spacial score (nSPS) is 17.8. The van der Waals surface area contributed by atoms with Gasteiger partial charge in [0.15, 0.2) is 0 Å². The number of amides is 1. The summed E-state index contributed by atoms with van der Waals surface area (Å²) in [5, 5.41) is 8.16. The molecule has 1 fully saturated rings. The van der Waals surface area contributed by atoms with Crippen LogP contribution in [-0.2, 0) is 10.0 Å². The highest BCUT2D eigenvalue weighted by atomic mass is 32.2. The smallest absolute Gasteiger partial charge is 0.342 e. The zero-order chi connectivity index (χ0) is 18.0. The Morgan fingerprint density at radius 3 is 2.58 bits per heavy atom. The molecule has 7 nitrogen and oxygen atoms in total. The Bertz CT molecular complexity index is 679. The average Bonchev–Trinajstić information content (AvgIpc) is 3.02. The molecule has 1 aliphatic rings. The first kappa shape index (κ1) is 18.7. The predicted molar refractivity (Wildman–Crippen MR) is 80.0 cm³/mol. The van der Waals surface area contributed by atoms with Crippen LogP contribution in [0.25, 0.3) is 0 Å². The van der Waals surface area contributed by atoms with Crippen LogP contribution in [0.2, 0.25) is 0 Å². The fourth-order valence-corrected chi connectivity index (χ4v) is 3.69. The second-order valence-electron chi connectivity index (χ2n) is 5.58. The number of sulfonamides is 1. The molecule has 2 heterocycles. The Labute approximate surface area is 137 Å². The number of hydrogen-bond donors (Lipinski definition) is 2. The highest BCUT2D eigenvalue weighted by molar-refractivity contribution is 7.89. The van der Waals surface area contributed by atoms with Gasteiger partial charge in [0.2, 0.25) is 10.0 Å². The Kier molecular flexibility index (Phi) is 5.53. The first-order chi connectivity index (χ1) is 11.1. The Balaban J connectivity index is 1.94. The number of carbonyl (C=O) groups excluding carboxylic acids is 1. The molecule has 0 bridgehead atoms. The molecule has 0 aliphatic carbocycles. The van der Waals surface area contributed by atoms with Gasteiger partial charge in [-0.25, -0.2) is 12.7 Å². The summed E-state index contributed by atoms with van der Waals surface area (Å²) < 4.78 is 61.3. The van der Waals surface area contributed by atoms with Crippen molar-refractivity contribution in [1.82, 2.24) is 19.8 Å². The third-order valence-electron chi connectivity index (χ3n) is 3.93. The first-order valence-corrected chi connectivity index (χ1v) is 9.11. The standard InChI is InChI=1S/C13H19F3N4O3S/c1-2-24(22,23)20-5-3-9(4-6-20)10-7-11(19-18-10)12(21)17-8-13(14,15)16/h7,9H,2-6,8H2,1H3,(H,17,21)(H,18,19). The molecular weight excluding hydrogens is 349 g/mol.